The molecule has 0 radical (unpaired) electrons. The molecular formula is C16H34Te. The Morgan fingerprint density at radius 1 is 0.471 bits per heavy atom. The van der Waals surface area contributed by atoms with Crippen LogP contribution in [0.2, 0.25) is 4.47 Å². The van der Waals surface area contributed by atoms with Gasteiger partial charge in [-0.15, -0.1) is 0 Å². The van der Waals surface area contributed by atoms with Gasteiger partial charge in [-0.25, -0.2) is 0 Å². The Kier molecular flexibility index (Phi) is 17.6. The summed E-state index contributed by atoms with van der Waals surface area (Å²) in [6, 6.07) is 0. The number of rotatable bonds is 14. The summed E-state index contributed by atoms with van der Waals surface area (Å²) in [6.45, 7) is 2.29. The maximum atomic E-state index is 2.29. The molecule has 0 amide bonds. The predicted molar refractivity (Wildman–Crippen MR) is 82.3 cm³/mol. The Bertz CT molecular complexity index is 109. The predicted octanol–water partition coefficient (Wildman–Crippen LogP) is 5.79. The Morgan fingerprint density at radius 3 is 1.06 bits per heavy atom. The molecule has 1 heteroatoms. The molecule has 0 aliphatic heterocycles. The van der Waals surface area contributed by atoms with E-state index in [-0.39, 0.29) is 0 Å². The van der Waals surface area contributed by atoms with Crippen molar-refractivity contribution in [2.75, 3.05) is 0 Å². The number of hydrogen-bond donors (Lipinski definition) is 0. The third kappa shape index (κ3) is 16.8. The van der Waals surface area contributed by atoms with Crippen LogP contribution in [0.3, 0.4) is 0 Å². The van der Waals surface area contributed by atoms with E-state index >= 15 is 0 Å². The standard InChI is InChI=1S/C16H34Te/c1-2-3-4-5-6-7-8-9-10-11-12-13-14-15-16-17/h17H,2-16H2,1H3. The Balaban J connectivity index is 2.85. The summed E-state index contributed by atoms with van der Waals surface area (Å²) in [5.41, 5.74) is 0. The molecule has 0 aliphatic carbocycles. The fraction of sp³-hybridized carbons (Fsp3) is 1.00. The van der Waals surface area contributed by atoms with Crippen LogP contribution in [0.25, 0.3) is 0 Å². The first-order valence-electron chi connectivity index (χ1n) is 8.02. The molecule has 0 N–H and O–H groups in total. The average Bonchev–Trinajstić information content (AvgIpc) is 2.35. The zero-order valence-corrected chi connectivity index (χ0v) is 14.6. The van der Waals surface area contributed by atoms with Crippen molar-refractivity contribution in [3.63, 3.8) is 0 Å². The van der Waals surface area contributed by atoms with Gasteiger partial charge in [0.2, 0.25) is 0 Å². The Hall–Kier alpha value is 0.790. The van der Waals surface area contributed by atoms with Gasteiger partial charge in [-0.05, 0) is 0 Å². The van der Waals surface area contributed by atoms with Crippen molar-refractivity contribution < 1.29 is 0 Å². The molecule has 0 aromatic rings. The van der Waals surface area contributed by atoms with Crippen molar-refractivity contribution >= 4 is 22.3 Å². The summed E-state index contributed by atoms with van der Waals surface area (Å²) in [6.07, 6.45) is 20.6. The van der Waals surface area contributed by atoms with Gasteiger partial charge in [0.05, 0.1) is 0 Å². The van der Waals surface area contributed by atoms with Gasteiger partial charge < -0.3 is 0 Å². The summed E-state index contributed by atoms with van der Waals surface area (Å²) in [7, 11) is 0. The first kappa shape index (κ1) is 17.8. The minimum absolute atomic E-state index is 1.37. The van der Waals surface area contributed by atoms with Crippen LogP contribution >= 0.6 is 0 Å². The van der Waals surface area contributed by atoms with Crippen molar-refractivity contribution in [1.82, 2.24) is 0 Å². The molecule has 0 spiro atoms. The number of hydrogen-bond acceptors (Lipinski definition) is 0. The molecule has 0 rings (SSSR count). The van der Waals surface area contributed by atoms with Crippen molar-refractivity contribution in [3.8, 4) is 0 Å². The second-order valence-corrected chi connectivity index (χ2v) is 6.60. The summed E-state index contributed by atoms with van der Waals surface area (Å²) < 4.78 is 1.42. The van der Waals surface area contributed by atoms with Crippen LogP contribution in [0.4, 0.5) is 0 Å². The first-order valence-corrected chi connectivity index (χ1v) is 9.83. The second-order valence-electron chi connectivity index (χ2n) is 5.32. The van der Waals surface area contributed by atoms with E-state index in [0.717, 1.165) is 0 Å². The molecule has 0 saturated carbocycles. The Morgan fingerprint density at radius 2 is 0.765 bits per heavy atom. The quantitative estimate of drug-likeness (QED) is 0.274. The van der Waals surface area contributed by atoms with Gasteiger partial charge in [-0.2, -0.15) is 0 Å². The summed E-state index contributed by atoms with van der Waals surface area (Å²) in [4.78, 5) is 0. The van der Waals surface area contributed by atoms with E-state index in [1.165, 1.54) is 94.4 Å². The van der Waals surface area contributed by atoms with Gasteiger partial charge in [0.15, 0.2) is 0 Å². The topological polar surface area (TPSA) is 0 Å². The molecule has 0 nitrogen and oxygen atoms in total. The van der Waals surface area contributed by atoms with E-state index in [4.69, 9.17) is 0 Å². The molecule has 0 aliphatic rings. The zero-order valence-electron chi connectivity index (χ0n) is 12.1. The SMILES string of the molecule is CCCCCCCCCCCCCCCC[TeH]. The van der Waals surface area contributed by atoms with Crippen LogP contribution in [-0.4, -0.2) is 22.3 Å². The molecule has 104 valence electrons. The van der Waals surface area contributed by atoms with E-state index in [1.54, 1.807) is 0 Å². The van der Waals surface area contributed by atoms with Crippen LogP contribution in [0.5, 0.6) is 0 Å². The molecule has 0 heterocycles. The third-order valence-electron chi connectivity index (χ3n) is 3.51. The van der Waals surface area contributed by atoms with Gasteiger partial charge in [-0.3, -0.25) is 0 Å². The van der Waals surface area contributed by atoms with E-state index in [1.807, 2.05) is 22.3 Å². The van der Waals surface area contributed by atoms with Gasteiger partial charge >= 0.3 is 97.4 Å². The summed E-state index contributed by atoms with van der Waals surface area (Å²) in [5, 5.41) is 0. The van der Waals surface area contributed by atoms with Gasteiger partial charge in [0.25, 0.3) is 0 Å². The van der Waals surface area contributed by atoms with Crippen molar-refractivity contribution in [3.05, 3.63) is 0 Å². The van der Waals surface area contributed by atoms with Crippen LogP contribution < -0.4 is 0 Å². The van der Waals surface area contributed by atoms with Gasteiger partial charge in [0, 0.05) is 0 Å². The fourth-order valence-corrected chi connectivity index (χ4v) is 2.94. The molecule has 0 fully saturated rings. The second kappa shape index (κ2) is 16.8. The first-order chi connectivity index (χ1) is 8.41. The normalized spacial score (nSPS) is 10.9. The van der Waals surface area contributed by atoms with E-state index in [2.05, 4.69) is 6.92 Å². The van der Waals surface area contributed by atoms with Crippen LogP contribution in [0.15, 0.2) is 0 Å². The van der Waals surface area contributed by atoms with E-state index < -0.39 is 0 Å². The van der Waals surface area contributed by atoms with Crippen LogP contribution in [0, 0.1) is 0 Å². The molecule has 0 aromatic carbocycles. The molecule has 0 aromatic heterocycles. The molecule has 17 heavy (non-hydrogen) atoms. The van der Waals surface area contributed by atoms with E-state index in [0.29, 0.717) is 0 Å². The van der Waals surface area contributed by atoms with Crippen LogP contribution in [0.1, 0.15) is 96.8 Å². The van der Waals surface area contributed by atoms with Crippen molar-refractivity contribution in [1.29, 1.82) is 0 Å². The van der Waals surface area contributed by atoms with E-state index in [9.17, 15) is 0 Å². The molecule has 0 bridgehead atoms. The fourth-order valence-electron chi connectivity index (χ4n) is 2.31. The van der Waals surface area contributed by atoms with Gasteiger partial charge in [0.1, 0.15) is 0 Å². The average molecular weight is 354 g/mol. The van der Waals surface area contributed by atoms with Crippen molar-refractivity contribution in [2.24, 2.45) is 0 Å². The Labute approximate surface area is 123 Å². The molecule has 0 unspecified atom stereocenters. The number of unbranched alkanes of at least 4 members (excludes halogenated alkanes) is 13. The molecule has 0 saturated heterocycles. The monoisotopic (exact) mass is 356 g/mol. The van der Waals surface area contributed by atoms with Crippen LogP contribution in [-0.2, 0) is 0 Å². The molecular weight excluding hydrogens is 320 g/mol. The molecule has 0 atom stereocenters. The van der Waals surface area contributed by atoms with Crippen molar-refractivity contribution in [2.45, 2.75) is 101 Å². The van der Waals surface area contributed by atoms with Gasteiger partial charge in [-0.1, -0.05) is 26.2 Å². The summed E-state index contributed by atoms with van der Waals surface area (Å²) >= 11 is 1.97. The summed E-state index contributed by atoms with van der Waals surface area (Å²) in [5.74, 6) is 0. The minimum atomic E-state index is 1.37. The maximum absolute atomic E-state index is 2.29. The third-order valence-corrected chi connectivity index (χ3v) is 4.41. The zero-order chi connectivity index (χ0) is 12.6.